The van der Waals surface area contributed by atoms with Crippen molar-refractivity contribution in [2.45, 2.75) is 53.1 Å². The van der Waals surface area contributed by atoms with Crippen molar-refractivity contribution in [1.29, 1.82) is 0 Å². The number of aryl methyl sites for hydroxylation is 2. The zero-order chi connectivity index (χ0) is 19.4. The summed E-state index contributed by atoms with van der Waals surface area (Å²) in [5.41, 5.74) is 4.32. The van der Waals surface area contributed by atoms with Crippen LogP contribution in [-0.2, 0) is 17.8 Å². The molecule has 3 rings (SSSR count). The Labute approximate surface area is 161 Å². The molecule has 1 aromatic heterocycles. The van der Waals surface area contributed by atoms with Crippen LogP contribution >= 0.6 is 0 Å². The number of para-hydroxylation sites is 2. The molecule has 27 heavy (non-hydrogen) atoms. The molecular formula is C23H29N3O. The third-order valence-electron chi connectivity index (χ3n) is 4.99. The van der Waals surface area contributed by atoms with Crippen molar-refractivity contribution in [3.05, 3.63) is 65.5 Å². The van der Waals surface area contributed by atoms with Gasteiger partial charge in [0, 0.05) is 6.54 Å². The van der Waals surface area contributed by atoms with Crippen LogP contribution in [0, 0.1) is 12.8 Å². The van der Waals surface area contributed by atoms with Gasteiger partial charge in [0.15, 0.2) is 0 Å². The number of carbonyl (C=O) groups is 1. The lowest BCUT2D eigenvalue weighted by Gasteiger charge is -2.17. The van der Waals surface area contributed by atoms with Gasteiger partial charge in [0.2, 0.25) is 5.91 Å². The predicted molar refractivity (Wildman–Crippen MR) is 111 cm³/mol. The summed E-state index contributed by atoms with van der Waals surface area (Å²) in [5.74, 6) is 1.57. The highest BCUT2D eigenvalue weighted by molar-refractivity contribution is 5.80. The number of hydrogen-bond donors (Lipinski definition) is 1. The molecule has 1 N–H and O–H groups in total. The lowest BCUT2D eigenvalue weighted by molar-refractivity contribution is -0.121. The minimum Gasteiger partial charge on any atom is -0.346 e. The van der Waals surface area contributed by atoms with Gasteiger partial charge in [0.1, 0.15) is 5.82 Å². The zero-order valence-electron chi connectivity index (χ0n) is 16.7. The summed E-state index contributed by atoms with van der Waals surface area (Å²) < 4.78 is 2.26. The molecule has 1 atom stereocenters. The van der Waals surface area contributed by atoms with Crippen molar-refractivity contribution in [2.24, 2.45) is 5.92 Å². The molecule has 0 aliphatic carbocycles. The summed E-state index contributed by atoms with van der Waals surface area (Å²) in [4.78, 5) is 17.4. The molecule has 1 heterocycles. The van der Waals surface area contributed by atoms with E-state index >= 15 is 0 Å². The van der Waals surface area contributed by atoms with E-state index in [-0.39, 0.29) is 11.9 Å². The number of imidazole rings is 1. The van der Waals surface area contributed by atoms with Crippen LogP contribution < -0.4 is 5.32 Å². The number of fused-ring (bicyclic) bond motifs is 1. The van der Waals surface area contributed by atoms with Crippen molar-refractivity contribution < 1.29 is 4.79 Å². The van der Waals surface area contributed by atoms with Gasteiger partial charge in [-0.1, -0.05) is 50.2 Å². The van der Waals surface area contributed by atoms with Gasteiger partial charge in [0.05, 0.1) is 23.5 Å². The van der Waals surface area contributed by atoms with E-state index in [9.17, 15) is 4.79 Å². The second-order valence-electron chi connectivity index (χ2n) is 7.69. The van der Waals surface area contributed by atoms with E-state index in [0.29, 0.717) is 12.3 Å². The van der Waals surface area contributed by atoms with Gasteiger partial charge in [-0.2, -0.15) is 0 Å². The highest BCUT2D eigenvalue weighted by Crippen LogP contribution is 2.22. The molecule has 4 heteroatoms. The molecule has 0 spiro atoms. The van der Waals surface area contributed by atoms with Crippen molar-refractivity contribution in [1.82, 2.24) is 14.9 Å². The number of nitrogens with one attached hydrogen (secondary N) is 1. The lowest BCUT2D eigenvalue weighted by atomic mass is 10.1. The molecule has 0 aliphatic rings. The highest BCUT2D eigenvalue weighted by atomic mass is 16.1. The molecule has 0 saturated carbocycles. The number of rotatable bonds is 7. The van der Waals surface area contributed by atoms with Crippen LogP contribution in [0.1, 0.15) is 50.2 Å². The first kappa shape index (κ1) is 19.2. The smallest absolute Gasteiger partial charge is 0.225 e. The second-order valence-corrected chi connectivity index (χ2v) is 7.69. The minimum atomic E-state index is -0.138. The quantitative estimate of drug-likeness (QED) is 0.655. The first-order chi connectivity index (χ1) is 13.0. The molecule has 0 radical (unpaired) electrons. The molecule has 0 fully saturated rings. The van der Waals surface area contributed by atoms with Gasteiger partial charge in [-0.3, -0.25) is 4.79 Å². The SMILES string of the molecule is Cc1ccccc1CC(=O)NC(C)c1nc2ccccc2n1CCC(C)C. The second kappa shape index (κ2) is 8.38. The molecule has 2 aromatic carbocycles. The van der Waals surface area contributed by atoms with E-state index in [1.165, 1.54) is 0 Å². The van der Waals surface area contributed by atoms with Gasteiger partial charge < -0.3 is 9.88 Å². The number of benzene rings is 2. The Bertz CT molecular complexity index is 926. The average Bonchev–Trinajstić information content (AvgIpc) is 3.00. The van der Waals surface area contributed by atoms with Gasteiger partial charge in [-0.05, 0) is 49.4 Å². The van der Waals surface area contributed by atoms with E-state index in [1.807, 2.05) is 56.3 Å². The molecule has 0 bridgehead atoms. The summed E-state index contributed by atoms with van der Waals surface area (Å²) in [5, 5.41) is 3.14. The van der Waals surface area contributed by atoms with E-state index in [2.05, 4.69) is 29.8 Å². The normalized spacial score (nSPS) is 12.5. The van der Waals surface area contributed by atoms with Gasteiger partial charge in [-0.25, -0.2) is 4.98 Å². The number of hydrogen-bond acceptors (Lipinski definition) is 2. The zero-order valence-corrected chi connectivity index (χ0v) is 16.7. The molecule has 1 amide bonds. The Kier molecular flexibility index (Phi) is 5.94. The van der Waals surface area contributed by atoms with E-state index < -0.39 is 0 Å². The number of amides is 1. The third kappa shape index (κ3) is 4.57. The highest BCUT2D eigenvalue weighted by Gasteiger charge is 2.19. The largest absolute Gasteiger partial charge is 0.346 e. The van der Waals surface area contributed by atoms with Gasteiger partial charge in [0.25, 0.3) is 0 Å². The van der Waals surface area contributed by atoms with Crippen LogP contribution in [0.5, 0.6) is 0 Å². The first-order valence-corrected chi connectivity index (χ1v) is 9.74. The summed E-state index contributed by atoms with van der Waals surface area (Å²) in [6.45, 7) is 9.42. The predicted octanol–water partition coefficient (Wildman–Crippen LogP) is 4.81. The molecule has 142 valence electrons. The molecule has 0 saturated heterocycles. The maximum Gasteiger partial charge on any atom is 0.225 e. The molecule has 1 unspecified atom stereocenters. The molecular weight excluding hydrogens is 334 g/mol. The number of aromatic nitrogens is 2. The van der Waals surface area contributed by atoms with Crippen LogP contribution in [-0.4, -0.2) is 15.5 Å². The lowest BCUT2D eigenvalue weighted by Crippen LogP contribution is -2.30. The van der Waals surface area contributed by atoms with Crippen LogP contribution in [0.15, 0.2) is 48.5 Å². The van der Waals surface area contributed by atoms with Crippen molar-refractivity contribution >= 4 is 16.9 Å². The average molecular weight is 364 g/mol. The van der Waals surface area contributed by atoms with Crippen LogP contribution in [0.3, 0.4) is 0 Å². The number of nitrogens with zero attached hydrogens (tertiary/aromatic N) is 2. The Morgan fingerprint density at radius 2 is 1.78 bits per heavy atom. The summed E-state index contributed by atoms with van der Waals surface area (Å²) in [6.07, 6.45) is 1.47. The minimum absolute atomic E-state index is 0.0271. The maximum atomic E-state index is 12.6. The van der Waals surface area contributed by atoms with Crippen molar-refractivity contribution in [3.63, 3.8) is 0 Å². The van der Waals surface area contributed by atoms with Crippen molar-refractivity contribution in [3.8, 4) is 0 Å². The third-order valence-corrected chi connectivity index (χ3v) is 4.99. The first-order valence-electron chi connectivity index (χ1n) is 9.74. The fourth-order valence-electron chi connectivity index (χ4n) is 3.39. The van der Waals surface area contributed by atoms with Crippen LogP contribution in [0.2, 0.25) is 0 Å². The Morgan fingerprint density at radius 3 is 2.52 bits per heavy atom. The van der Waals surface area contributed by atoms with Crippen LogP contribution in [0.4, 0.5) is 0 Å². The summed E-state index contributed by atoms with van der Waals surface area (Å²) in [6, 6.07) is 16.1. The van der Waals surface area contributed by atoms with E-state index in [4.69, 9.17) is 4.98 Å². The fourth-order valence-corrected chi connectivity index (χ4v) is 3.39. The van der Waals surface area contributed by atoms with Gasteiger partial charge in [-0.15, -0.1) is 0 Å². The van der Waals surface area contributed by atoms with E-state index in [0.717, 1.165) is 41.0 Å². The Hall–Kier alpha value is -2.62. The van der Waals surface area contributed by atoms with E-state index in [1.54, 1.807) is 0 Å². The number of carbonyl (C=O) groups excluding carboxylic acids is 1. The molecule has 3 aromatic rings. The molecule has 0 aliphatic heterocycles. The standard InChI is InChI=1S/C23H29N3O/c1-16(2)13-14-26-21-12-8-7-11-20(21)25-23(26)18(4)24-22(27)15-19-10-6-5-9-17(19)3/h5-12,16,18H,13-15H2,1-4H3,(H,24,27). The fraction of sp³-hybridized carbons (Fsp3) is 0.391. The molecule has 4 nitrogen and oxygen atoms in total. The monoisotopic (exact) mass is 363 g/mol. The topological polar surface area (TPSA) is 46.9 Å². The summed E-state index contributed by atoms with van der Waals surface area (Å²) >= 11 is 0. The maximum absolute atomic E-state index is 12.6. The van der Waals surface area contributed by atoms with Gasteiger partial charge >= 0.3 is 0 Å². The summed E-state index contributed by atoms with van der Waals surface area (Å²) in [7, 11) is 0. The Morgan fingerprint density at radius 1 is 1.07 bits per heavy atom. The Balaban J connectivity index is 1.80. The van der Waals surface area contributed by atoms with Crippen LogP contribution in [0.25, 0.3) is 11.0 Å². The van der Waals surface area contributed by atoms with Crippen molar-refractivity contribution in [2.75, 3.05) is 0 Å².